The number of furan rings is 1. The lowest BCUT2D eigenvalue weighted by molar-refractivity contribution is -0.162. The predicted molar refractivity (Wildman–Crippen MR) is 94.0 cm³/mol. The van der Waals surface area contributed by atoms with Crippen molar-refractivity contribution < 1.29 is 31.9 Å². The summed E-state index contributed by atoms with van der Waals surface area (Å²) >= 11 is 0. The summed E-state index contributed by atoms with van der Waals surface area (Å²) in [5.74, 6) is 0.879. The fourth-order valence-corrected chi connectivity index (χ4v) is 2.84. The van der Waals surface area contributed by atoms with Gasteiger partial charge in [0.05, 0.1) is 19.4 Å². The van der Waals surface area contributed by atoms with Crippen LogP contribution in [0.1, 0.15) is 24.3 Å². The molecule has 1 aromatic carbocycles. The molecule has 1 amide bonds. The molecule has 0 unspecified atom stereocenters. The summed E-state index contributed by atoms with van der Waals surface area (Å²) in [5, 5.41) is 2.97. The maximum absolute atomic E-state index is 12.8. The number of benzene rings is 1. The van der Waals surface area contributed by atoms with Crippen LogP contribution in [0.2, 0.25) is 0 Å². The van der Waals surface area contributed by atoms with E-state index in [1.54, 1.807) is 18.2 Å². The van der Waals surface area contributed by atoms with E-state index in [4.69, 9.17) is 13.9 Å². The molecule has 0 saturated carbocycles. The maximum atomic E-state index is 12.8. The summed E-state index contributed by atoms with van der Waals surface area (Å²) in [5.41, 5.74) is 0.838. The summed E-state index contributed by atoms with van der Waals surface area (Å²) in [7, 11) is 0. The SMILES string of the molecule is C[C@H](NCC(=O)N(Cc1ccco1)CC(F)(F)F)c1ccc2c(c1)OCCO2. The van der Waals surface area contributed by atoms with Gasteiger partial charge in [-0.15, -0.1) is 0 Å². The second-order valence-corrected chi connectivity index (χ2v) is 6.45. The molecule has 9 heteroatoms. The number of nitrogens with one attached hydrogen (secondary N) is 1. The molecule has 0 spiro atoms. The molecule has 2 heterocycles. The molecule has 152 valence electrons. The maximum Gasteiger partial charge on any atom is 0.406 e. The van der Waals surface area contributed by atoms with Crippen molar-refractivity contribution in [3.63, 3.8) is 0 Å². The van der Waals surface area contributed by atoms with Crippen LogP contribution in [0.15, 0.2) is 41.0 Å². The van der Waals surface area contributed by atoms with Crippen LogP contribution >= 0.6 is 0 Å². The Morgan fingerprint density at radius 3 is 2.64 bits per heavy atom. The van der Waals surface area contributed by atoms with Crippen molar-refractivity contribution in [2.75, 3.05) is 26.3 Å². The predicted octanol–water partition coefficient (Wildman–Crippen LogP) is 3.29. The number of fused-ring (bicyclic) bond motifs is 1. The molecule has 0 aliphatic carbocycles. The second kappa shape index (κ2) is 8.55. The number of carbonyl (C=O) groups excluding carboxylic acids is 1. The minimum Gasteiger partial charge on any atom is -0.486 e. The van der Waals surface area contributed by atoms with Crippen LogP contribution < -0.4 is 14.8 Å². The standard InChI is InChI=1S/C19H21F3N2O4/c1-13(14-4-5-16-17(9-14)28-8-7-27-16)23-10-18(25)24(12-19(20,21)22)11-15-3-2-6-26-15/h2-6,9,13,23H,7-8,10-12H2,1H3/t13-/m0/s1. The van der Waals surface area contributed by atoms with Gasteiger partial charge in [-0.1, -0.05) is 6.07 Å². The number of rotatable bonds is 7. The Balaban J connectivity index is 1.61. The Labute approximate surface area is 160 Å². The van der Waals surface area contributed by atoms with Crippen LogP contribution in [0.5, 0.6) is 11.5 Å². The molecule has 0 radical (unpaired) electrons. The number of hydrogen-bond acceptors (Lipinski definition) is 5. The zero-order valence-electron chi connectivity index (χ0n) is 15.3. The van der Waals surface area contributed by atoms with Gasteiger partial charge >= 0.3 is 6.18 Å². The Kier molecular flexibility index (Phi) is 6.13. The van der Waals surface area contributed by atoms with E-state index in [0.29, 0.717) is 24.7 Å². The molecule has 1 atom stereocenters. The number of carbonyl (C=O) groups is 1. The van der Waals surface area contributed by atoms with E-state index in [2.05, 4.69) is 5.32 Å². The van der Waals surface area contributed by atoms with Gasteiger partial charge in [-0.3, -0.25) is 4.79 Å². The smallest absolute Gasteiger partial charge is 0.406 e. The van der Waals surface area contributed by atoms with Crippen molar-refractivity contribution in [1.29, 1.82) is 0 Å². The lowest BCUT2D eigenvalue weighted by Crippen LogP contribution is -2.43. The van der Waals surface area contributed by atoms with Crippen LogP contribution in [0.25, 0.3) is 0 Å². The number of amides is 1. The van der Waals surface area contributed by atoms with Crippen LogP contribution in [0, 0.1) is 0 Å². The van der Waals surface area contributed by atoms with E-state index >= 15 is 0 Å². The van der Waals surface area contributed by atoms with E-state index in [0.717, 1.165) is 10.5 Å². The highest BCUT2D eigenvalue weighted by Gasteiger charge is 2.33. The number of hydrogen-bond donors (Lipinski definition) is 1. The molecule has 0 saturated heterocycles. The van der Waals surface area contributed by atoms with Crippen LogP contribution in [0.3, 0.4) is 0 Å². The van der Waals surface area contributed by atoms with E-state index in [-0.39, 0.29) is 24.9 Å². The van der Waals surface area contributed by atoms with Crippen molar-refractivity contribution >= 4 is 5.91 Å². The average molecular weight is 398 g/mol. The van der Waals surface area contributed by atoms with Crippen LogP contribution in [-0.2, 0) is 11.3 Å². The van der Waals surface area contributed by atoms with Crippen LogP contribution in [-0.4, -0.2) is 43.3 Å². The Hall–Kier alpha value is -2.68. The van der Waals surface area contributed by atoms with E-state index < -0.39 is 18.6 Å². The number of alkyl halides is 3. The molecule has 0 fully saturated rings. The molecule has 6 nitrogen and oxygen atoms in total. The van der Waals surface area contributed by atoms with Gasteiger partial charge in [0.1, 0.15) is 25.5 Å². The third-order valence-electron chi connectivity index (χ3n) is 4.28. The molecule has 1 aromatic heterocycles. The third kappa shape index (κ3) is 5.41. The van der Waals surface area contributed by atoms with Gasteiger partial charge < -0.3 is 24.1 Å². The second-order valence-electron chi connectivity index (χ2n) is 6.45. The first-order chi connectivity index (χ1) is 13.3. The van der Waals surface area contributed by atoms with Gasteiger partial charge in [-0.2, -0.15) is 13.2 Å². The summed E-state index contributed by atoms with van der Waals surface area (Å²) < 4.78 is 54.6. The summed E-state index contributed by atoms with van der Waals surface area (Å²) in [4.78, 5) is 13.1. The quantitative estimate of drug-likeness (QED) is 0.776. The normalized spacial score (nSPS) is 14.6. The first-order valence-electron chi connectivity index (χ1n) is 8.81. The lowest BCUT2D eigenvalue weighted by atomic mass is 10.1. The van der Waals surface area contributed by atoms with E-state index in [1.807, 2.05) is 13.0 Å². The minimum absolute atomic E-state index is 0.244. The highest BCUT2D eigenvalue weighted by Crippen LogP contribution is 2.32. The van der Waals surface area contributed by atoms with Gasteiger partial charge in [0.25, 0.3) is 0 Å². The van der Waals surface area contributed by atoms with Gasteiger partial charge in [0.15, 0.2) is 11.5 Å². The molecule has 1 aliphatic heterocycles. The van der Waals surface area contributed by atoms with Crippen molar-refractivity contribution in [2.45, 2.75) is 25.7 Å². The summed E-state index contributed by atoms with van der Waals surface area (Å²) in [6.07, 6.45) is -3.14. The largest absolute Gasteiger partial charge is 0.486 e. The van der Waals surface area contributed by atoms with Crippen LogP contribution in [0.4, 0.5) is 13.2 Å². The number of halogens is 3. The first kappa shape index (κ1) is 20.1. The monoisotopic (exact) mass is 398 g/mol. The minimum atomic E-state index is -4.50. The van der Waals surface area contributed by atoms with E-state index in [1.165, 1.54) is 12.3 Å². The highest BCUT2D eigenvalue weighted by molar-refractivity contribution is 5.78. The molecule has 1 N–H and O–H groups in total. The first-order valence-corrected chi connectivity index (χ1v) is 8.81. The highest BCUT2D eigenvalue weighted by atomic mass is 19.4. The molecule has 0 bridgehead atoms. The van der Waals surface area contributed by atoms with Gasteiger partial charge in [-0.05, 0) is 36.8 Å². The molecular formula is C19H21F3N2O4. The van der Waals surface area contributed by atoms with Gasteiger partial charge in [0.2, 0.25) is 5.91 Å². The Morgan fingerprint density at radius 2 is 1.96 bits per heavy atom. The fourth-order valence-electron chi connectivity index (χ4n) is 2.84. The Morgan fingerprint density at radius 1 is 1.21 bits per heavy atom. The van der Waals surface area contributed by atoms with Crippen molar-refractivity contribution in [2.24, 2.45) is 0 Å². The molecule has 1 aliphatic rings. The lowest BCUT2D eigenvalue weighted by Gasteiger charge is -2.25. The molecule has 28 heavy (non-hydrogen) atoms. The van der Waals surface area contributed by atoms with Gasteiger partial charge in [0, 0.05) is 6.04 Å². The molecular weight excluding hydrogens is 377 g/mol. The summed E-state index contributed by atoms with van der Waals surface area (Å²) in [6.45, 7) is 0.930. The van der Waals surface area contributed by atoms with Crippen molar-refractivity contribution in [3.05, 3.63) is 47.9 Å². The summed E-state index contributed by atoms with van der Waals surface area (Å²) in [6, 6.07) is 8.22. The zero-order chi connectivity index (χ0) is 20.1. The number of nitrogens with zero attached hydrogens (tertiary/aromatic N) is 1. The Bertz CT molecular complexity index is 793. The molecule has 3 rings (SSSR count). The fraction of sp³-hybridized carbons (Fsp3) is 0.421. The number of ether oxygens (including phenoxy) is 2. The van der Waals surface area contributed by atoms with Crippen molar-refractivity contribution in [3.8, 4) is 11.5 Å². The molecule has 2 aromatic rings. The third-order valence-corrected chi connectivity index (χ3v) is 4.28. The van der Waals surface area contributed by atoms with Crippen molar-refractivity contribution in [1.82, 2.24) is 10.2 Å². The average Bonchev–Trinajstić information content (AvgIpc) is 3.17. The van der Waals surface area contributed by atoms with E-state index in [9.17, 15) is 18.0 Å². The zero-order valence-corrected chi connectivity index (χ0v) is 15.3. The van der Waals surface area contributed by atoms with Gasteiger partial charge in [-0.25, -0.2) is 0 Å². The topological polar surface area (TPSA) is 63.9 Å².